The van der Waals surface area contributed by atoms with Gasteiger partial charge >= 0.3 is 6.03 Å². The van der Waals surface area contributed by atoms with Crippen LogP contribution >= 0.6 is 0 Å². The van der Waals surface area contributed by atoms with Gasteiger partial charge in [-0.1, -0.05) is 26.0 Å². The molecule has 0 saturated carbocycles. The number of urea groups is 1. The molecule has 0 unspecified atom stereocenters. The molecule has 2 aliphatic rings. The largest absolute Gasteiger partial charge is 0.497 e. The fourth-order valence-electron chi connectivity index (χ4n) is 3.32. The molecule has 0 saturated heterocycles. The van der Waals surface area contributed by atoms with Crippen molar-refractivity contribution < 1.29 is 14.3 Å². The maximum Gasteiger partial charge on any atom is 0.322 e. The summed E-state index contributed by atoms with van der Waals surface area (Å²) < 4.78 is 5.19. The van der Waals surface area contributed by atoms with Gasteiger partial charge in [0.25, 0.3) is 5.91 Å². The van der Waals surface area contributed by atoms with Crippen molar-refractivity contribution in [2.75, 3.05) is 20.7 Å². The van der Waals surface area contributed by atoms with Gasteiger partial charge in [-0.2, -0.15) is 0 Å². The van der Waals surface area contributed by atoms with Crippen molar-refractivity contribution >= 4 is 11.9 Å². The number of likely N-dealkylation sites (N-methyl/N-ethyl adjacent to an activating group) is 1. The van der Waals surface area contributed by atoms with E-state index < -0.39 is 6.04 Å². The zero-order valence-corrected chi connectivity index (χ0v) is 15.4. The molecule has 2 heterocycles. The van der Waals surface area contributed by atoms with Crippen LogP contribution in [0.5, 0.6) is 5.75 Å². The number of nitrogens with zero attached hydrogens (tertiary/aromatic N) is 2. The number of carbonyl (C=O) groups is 2. The van der Waals surface area contributed by atoms with Crippen LogP contribution in [0.1, 0.15) is 32.4 Å². The van der Waals surface area contributed by atoms with E-state index in [4.69, 9.17) is 4.74 Å². The quantitative estimate of drug-likeness (QED) is 0.914. The number of hydrogen-bond acceptors (Lipinski definition) is 3. The Morgan fingerprint density at radius 1 is 1.16 bits per heavy atom. The van der Waals surface area contributed by atoms with E-state index in [1.165, 1.54) is 0 Å². The van der Waals surface area contributed by atoms with Crippen LogP contribution in [-0.2, 0) is 4.79 Å². The van der Waals surface area contributed by atoms with Gasteiger partial charge in [0, 0.05) is 13.1 Å². The Morgan fingerprint density at radius 2 is 1.80 bits per heavy atom. The Hall–Kier alpha value is -2.50. The molecule has 2 atom stereocenters. The Morgan fingerprint density at radius 3 is 2.36 bits per heavy atom. The maximum atomic E-state index is 13.1. The molecule has 134 valence electrons. The van der Waals surface area contributed by atoms with Crippen molar-refractivity contribution in [1.82, 2.24) is 15.1 Å². The third kappa shape index (κ3) is 2.86. The normalized spacial score (nSPS) is 21.6. The van der Waals surface area contributed by atoms with Crippen molar-refractivity contribution in [3.63, 3.8) is 0 Å². The molecule has 0 radical (unpaired) electrons. The molecule has 0 aromatic heterocycles. The lowest BCUT2D eigenvalue weighted by molar-refractivity contribution is -0.128. The van der Waals surface area contributed by atoms with Gasteiger partial charge in [0.2, 0.25) is 0 Å². The highest BCUT2D eigenvalue weighted by Gasteiger charge is 2.44. The first-order chi connectivity index (χ1) is 11.8. The number of ether oxygens (including phenoxy) is 1. The summed E-state index contributed by atoms with van der Waals surface area (Å²) in [5.74, 6) is 1.09. The number of amides is 3. The zero-order chi connectivity index (χ0) is 18.3. The van der Waals surface area contributed by atoms with E-state index in [2.05, 4.69) is 26.1 Å². The number of hydrogen-bond donors (Lipinski definition) is 1. The molecule has 0 bridgehead atoms. The molecule has 0 aliphatic carbocycles. The van der Waals surface area contributed by atoms with E-state index in [1.807, 2.05) is 29.2 Å². The second-order valence-electron chi connectivity index (χ2n) is 6.99. The van der Waals surface area contributed by atoms with Gasteiger partial charge < -0.3 is 15.0 Å². The molecule has 0 fully saturated rings. The number of carbonyl (C=O) groups excluding carboxylic acids is 2. The van der Waals surface area contributed by atoms with E-state index in [9.17, 15) is 9.59 Å². The SMILES string of the molecule is COc1ccc([C@H]2NC(=O)N(C)C3=C2C(=O)N([C@@H](C)C(C)C)C3)cc1. The molecule has 0 spiro atoms. The van der Waals surface area contributed by atoms with Gasteiger partial charge in [-0.25, -0.2) is 4.79 Å². The van der Waals surface area contributed by atoms with Gasteiger partial charge in [0.1, 0.15) is 5.75 Å². The molecule has 3 rings (SSSR count). The average Bonchev–Trinajstić information content (AvgIpc) is 2.95. The molecular weight excluding hydrogens is 318 g/mol. The molecule has 6 heteroatoms. The zero-order valence-electron chi connectivity index (χ0n) is 15.4. The van der Waals surface area contributed by atoms with Crippen LogP contribution in [0.2, 0.25) is 0 Å². The first-order valence-corrected chi connectivity index (χ1v) is 8.57. The van der Waals surface area contributed by atoms with Crippen molar-refractivity contribution in [3.8, 4) is 5.75 Å². The predicted molar refractivity (Wildman–Crippen MR) is 95.1 cm³/mol. The topological polar surface area (TPSA) is 61.9 Å². The van der Waals surface area contributed by atoms with E-state index in [0.29, 0.717) is 18.0 Å². The molecular formula is C19H25N3O3. The second-order valence-corrected chi connectivity index (χ2v) is 6.99. The Bertz CT molecular complexity index is 724. The van der Waals surface area contributed by atoms with Gasteiger partial charge in [-0.15, -0.1) is 0 Å². The highest BCUT2D eigenvalue weighted by molar-refractivity contribution is 6.01. The fourth-order valence-corrected chi connectivity index (χ4v) is 3.32. The number of benzene rings is 1. The van der Waals surface area contributed by atoms with Crippen molar-refractivity contribution in [2.45, 2.75) is 32.9 Å². The summed E-state index contributed by atoms with van der Waals surface area (Å²) in [6.07, 6.45) is 0. The second kappa shape index (κ2) is 6.43. The van der Waals surface area contributed by atoms with Crippen LogP contribution < -0.4 is 10.1 Å². The van der Waals surface area contributed by atoms with Gasteiger partial charge in [0.05, 0.1) is 31.0 Å². The maximum absolute atomic E-state index is 13.1. The Labute approximate surface area is 148 Å². The predicted octanol–water partition coefficient (Wildman–Crippen LogP) is 2.53. The summed E-state index contributed by atoms with van der Waals surface area (Å²) in [7, 11) is 3.32. The summed E-state index contributed by atoms with van der Waals surface area (Å²) in [6.45, 7) is 6.73. The summed E-state index contributed by atoms with van der Waals surface area (Å²) in [5.41, 5.74) is 2.34. The lowest BCUT2D eigenvalue weighted by Crippen LogP contribution is -2.45. The van der Waals surface area contributed by atoms with Crippen LogP contribution in [0.25, 0.3) is 0 Å². The third-order valence-corrected chi connectivity index (χ3v) is 5.29. The minimum absolute atomic E-state index is 0.00358. The lowest BCUT2D eigenvalue weighted by atomic mass is 9.95. The molecule has 6 nitrogen and oxygen atoms in total. The molecule has 1 N–H and O–H groups in total. The van der Waals surface area contributed by atoms with E-state index in [-0.39, 0.29) is 18.0 Å². The van der Waals surface area contributed by atoms with E-state index in [1.54, 1.807) is 19.1 Å². The van der Waals surface area contributed by atoms with Crippen LogP contribution in [-0.4, -0.2) is 48.5 Å². The Kier molecular flexibility index (Phi) is 4.45. The smallest absolute Gasteiger partial charge is 0.322 e. The van der Waals surface area contributed by atoms with Crippen molar-refractivity contribution in [2.24, 2.45) is 5.92 Å². The highest BCUT2D eigenvalue weighted by Crippen LogP contribution is 2.37. The first-order valence-electron chi connectivity index (χ1n) is 8.57. The summed E-state index contributed by atoms with van der Waals surface area (Å²) >= 11 is 0. The monoisotopic (exact) mass is 343 g/mol. The van der Waals surface area contributed by atoms with Gasteiger partial charge in [0.15, 0.2) is 0 Å². The molecule has 3 amide bonds. The van der Waals surface area contributed by atoms with Crippen LogP contribution in [0.15, 0.2) is 35.5 Å². The van der Waals surface area contributed by atoms with Gasteiger partial charge in [-0.05, 0) is 30.5 Å². The number of nitrogens with one attached hydrogen (secondary N) is 1. The van der Waals surface area contributed by atoms with Crippen LogP contribution in [0.4, 0.5) is 4.79 Å². The third-order valence-electron chi connectivity index (χ3n) is 5.29. The average molecular weight is 343 g/mol. The van der Waals surface area contributed by atoms with E-state index >= 15 is 0 Å². The number of methoxy groups -OCH3 is 1. The van der Waals surface area contributed by atoms with Crippen molar-refractivity contribution in [1.29, 1.82) is 0 Å². The standard InChI is InChI=1S/C19H25N3O3/c1-11(2)12(3)22-10-15-16(18(22)23)17(20-19(24)21(15)4)13-6-8-14(25-5)9-7-13/h6-9,11-12,17H,10H2,1-5H3,(H,20,24)/t12-,17+/m0/s1. The van der Waals surface area contributed by atoms with Crippen LogP contribution in [0.3, 0.4) is 0 Å². The van der Waals surface area contributed by atoms with Crippen LogP contribution in [0, 0.1) is 5.92 Å². The van der Waals surface area contributed by atoms with Gasteiger partial charge in [-0.3, -0.25) is 9.69 Å². The molecule has 1 aromatic rings. The lowest BCUT2D eigenvalue weighted by Gasteiger charge is -2.31. The summed E-state index contributed by atoms with van der Waals surface area (Å²) in [6, 6.07) is 6.95. The molecule has 1 aromatic carbocycles. The minimum Gasteiger partial charge on any atom is -0.497 e. The van der Waals surface area contributed by atoms with E-state index in [0.717, 1.165) is 17.0 Å². The molecule has 2 aliphatic heterocycles. The molecule has 25 heavy (non-hydrogen) atoms. The summed E-state index contributed by atoms with van der Waals surface area (Å²) in [5, 5.41) is 2.95. The first kappa shape index (κ1) is 17.3. The Balaban J connectivity index is 1.99. The highest BCUT2D eigenvalue weighted by atomic mass is 16.5. The van der Waals surface area contributed by atoms with Crippen molar-refractivity contribution in [3.05, 3.63) is 41.1 Å². The number of rotatable bonds is 4. The fraction of sp³-hybridized carbons (Fsp3) is 0.474. The summed E-state index contributed by atoms with van der Waals surface area (Å²) in [4.78, 5) is 28.9. The minimum atomic E-state index is -0.429.